The van der Waals surface area contributed by atoms with Gasteiger partial charge in [-0.3, -0.25) is 19.9 Å². The lowest BCUT2D eigenvalue weighted by Gasteiger charge is -2.32. The number of hydrogen-bond acceptors (Lipinski definition) is 5. The SMILES string of the molecule is O=C1CN(CC(=O)N2CCC(c3nccn3Cc3ccncc3)CC2)C(=O)N1. The molecular weight excluding hydrogens is 360 g/mol. The Morgan fingerprint density at radius 1 is 1.14 bits per heavy atom. The average Bonchev–Trinajstić information content (AvgIpc) is 3.28. The van der Waals surface area contributed by atoms with E-state index < -0.39 is 6.03 Å². The number of likely N-dealkylation sites (tertiary alicyclic amines) is 1. The number of nitrogens with one attached hydrogen (secondary N) is 1. The molecule has 2 aromatic rings. The van der Waals surface area contributed by atoms with E-state index in [-0.39, 0.29) is 30.8 Å². The van der Waals surface area contributed by atoms with Gasteiger partial charge in [-0.05, 0) is 30.5 Å². The molecule has 2 aromatic heterocycles. The van der Waals surface area contributed by atoms with Crippen molar-refractivity contribution in [3.63, 3.8) is 0 Å². The number of imide groups is 1. The molecule has 28 heavy (non-hydrogen) atoms. The molecule has 9 nitrogen and oxygen atoms in total. The van der Waals surface area contributed by atoms with Crippen LogP contribution in [0.15, 0.2) is 36.9 Å². The fourth-order valence-corrected chi connectivity index (χ4v) is 3.76. The highest BCUT2D eigenvalue weighted by molar-refractivity contribution is 6.03. The summed E-state index contributed by atoms with van der Waals surface area (Å²) in [5, 5.41) is 2.19. The summed E-state index contributed by atoms with van der Waals surface area (Å²) in [6.45, 7) is 1.88. The van der Waals surface area contributed by atoms with Crippen LogP contribution in [0.25, 0.3) is 0 Å². The van der Waals surface area contributed by atoms with Crippen LogP contribution in [0.2, 0.25) is 0 Å². The van der Waals surface area contributed by atoms with Crippen LogP contribution in [-0.2, 0) is 16.1 Å². The Morgan fingerprint density at radius 3 is 2.57 bits per heavy atom. The van der Waals surface area contributed by atoms with Gasteiger partial charge in [0.25, 0.3) is 0 Å². The molecular formula is C19H22N6O3. The number of carbonyl (C=O) groups is 3. The van der Waals surface area contributed by atoms with Crippen molar-refractivity contribution in [2.45, 2.75) is 25.3 Å². The standard InChI is InChI=1S/C19H22N6O3/c26-16-12-25(19(28)22-16)13-17(27)23-8-3-15(4-9-23)18-21-7-10-24(18)11-14-1-5-20-6-2-14/h1-2,5-7,10,15H,3-4,8-9,11-13H2,(H,22,26,28). The number of carbonyl (C=O) groups excluding carboxylic acids is 3. The first-order chi connectivity index (χ1) is 13.6. The van der Waals surface area contributed by atoms with Crippen LogP contribution in [0, 0.1) is 0 Å². The third-order valence-electron chi connectivity index (χ3n) is 5.26. The molecule has 2 aliphatic heterocycles. The number of urea groups is 1. The van der Waals surface area contributed by atoms with Crippen molar-refractivity contribution in [3.05, 3.63) is 48.3 Å². The first-order valence-electron chi connectivity index (χ1n) is 9.36. The van der Waals surface area contributed by atoms with Gasteiger partial charge >= 0.3 is 6.03 Å². The molecule has 2 fully saturated rings. The highest BCUT2D eigenvalue weighted by Crippen LogP contribution is 2.27. The Kier molecular flexibility index (Phi) is 5.05. The van der Waals surface area contributed by atoms with Crippen LogP contribution in [0.3, 0.4) is 0 Å². The van der Waals surface area contributed by atoms with Gasteiger partial charge in [-0.25, -0.2) is 9.78 Å². The van der Waals surface area contributed by atoms with Crippen molar-refractivity contribution in [1.29, 1.82) is 0 Å². The summed E-state index contributed by atoms with van der Waals surface area (Å²) in [5.74, 6) is 0.840. The number of imidazole rings is 1. The summed E-state index contributed by atoms with van der Waals surface area (Å²) >= 11 is 0. The summed E-state index contributed by atoms with van der Waals surface area (Å²) in [7, 11) is 0. The molecule has 0 unspecified atom stereocenters. The highest BCUT2D eigenvalue weighted by Gasteiger charge is 2.31. The molecule has 2 aliphatic rings. The summed E-state index contributed by atoms with van der Waals surface area (Å²) in [6.07, 6.45) is 9.01. The van der Waals surface area contributed by atoms with Crippen molar-refractivity contribution in [2.24, 2.45) is 0 Å². The Morgan fingerprint density at radius 2 is 1.89 bits per heavy atom. The van der Waals surface area contributed by atoms with Crippen LogP contribution in [0.4, 0.5) is 4.79 Å². The van der Waals surface area contributed by atoms with Crippen LogP contribution in [0.5, 0.6) is 0 Å². The molecule has 0 radical (unpaired) electrons. The minimum atomic E-state index is -0.494. The van der Waals surface area contributed by atoms with Gasteiger partial charge in [0, 0.05) is 50.3 Å². The van der Waals surface area contributed by atoms with Gasteiger partial charge in [0.2, 0.25) is 11.8 Å². The van der Waals surface area contributed by atoms with Crippen molar-refractivity contribution >= 4 is 17.8 Å². The Bertz CT molecular complexity index is 873. The molecule has 0 spiro atoms. The molecule has 4 amide bonds. The number of piperidine rings is 1. The van der Waals surface area contributed by atoms with Crippen LogP contribution in [0.1, 0.15) is 30.1 Å². The van der Waals surface area contributed by atoms with Crippen LogP contribution < -0.4 is 5.32 Å². The summed E-state index contributed by atoms with van der Waals surface area (Å²) in [4.78, 5) is 46.9. The second-order valence-electron chi connectivity index (χ2n) is 7.13. The van der Waals surface area contributed by atoms with Gasteiger partial charge in [-0.1, -0.05) is 0 Å². The maximum atomic E-state index is 12.5. The third-order valence-corrected chi connectivity index (χ3v) is 5.26. The lowest BCUT2D eigenvalue weighted by molar-refractivity contribution is -0.132. The molecule has 9 heteroatoms. The molecule has 4 heterocycles. The van der Waals surface area contributed by atoms with Crippen molar-refractivity contribution in [2.75, 3.05) is 26.2 Å². The number of rotatable bonds is 5. The van der Waals surface area contributed by atoms with E-state index in [4.69, 9.17) is 0 Å². The monoisotopic (exact) mass is 382 g/mol. The number of aromatic nitrogens is 3. The second kappa shape index (κ2) is 7.79. The minimum Gasteiger partial charge on any atom is -0.341 e. The summed E-state index contributed by atoms with van der Waals surface area (Å²) in [6, 6.07) is 3.49. The van der Waals surface area contributed by atoms with E-state index in [1.54, 1.807) is 17.3 Å². The molecule has 0 aromatic carbocycles. The maximum absolute atomic E-state index is 12.5. The van der Waals surface area contributed by atoms with Crippen LogP contribution in [-0.4, -0.2) is 68.4 Å². The molecule has 1 N–H and O–H groups in total. The fraction of sp³-hybridized carbons (Fsp3) is 0.421. The molecule has 0 saturated carbocycles. The number of pyridine rings is 1. The maximum Gasteiger partial charge on any atom is 0.325 e. The summed E-state index contributed by atoms with van der Waals surface area (Å²) < 4.78 is 2.15. The van der Waals surface area contributed by atoms with Gasteiger partial charge in [-0.2, -0.15) is 0 Å². The first kappa shape index (κ1) is 18.1. The van der Waals surface area contributed by atoms with Crippen molar-refractivity contribution in [1.82, 2.24) is 29.7 Å². The van der Waals surface area contributed by atoms with Gasteiger partial charge in [0.15, 0.2) is 0 Å². The number of amides is 4. The topological polar surface area (TPSA) is 100 Å². The molecule has 2 saturated heterocycles. The number of nitrogens with zero attached hydrogens (tertiary/aromatic N) is 5. The van der Waals surface area contributed by atoms with E-state index in [0.29, 0.717) is 13.1 Å². The van der Waals surface area contributed by atoms with E-state index in [0.717, 1.165) is 25.2 Å². The number of hydrogen-bond donors (Lipinski definition) is 1. The van der Waals surface area contributed by atoms with E-state index in [1.807, 2.05) is 24.5 Å². The molecule has 0 bridgehead atoms. The Hall–Kier alpha value is -3.23. The predicted octanol–water partition coefficient (Wildman–Crippen LogP) is 0.584. The van der Waals surface area contributed by atoms with Crippen LogP contribution >= 0.6 is 0 Å². The average molecular weight is 382 g/mol. The minimum absolute atomic E-state index is 0.0481. The summed E-state index contributed by atoms with van der Waals surface area (Å²) in [5.41, 5.74) is 1.17. The molecule has 0 atom stereocenters. The van der Waals surface area contributed by atoms with Gasteiger partial charge in [0.1, 0.15) is 18.9 Å². The van der Waals surface area contributed by atoms with Gasteiger partial charge < -0.3 is 14.4 Å². The molecule has 0 aliphatic carbocycles. The first-order valence-corrected chi connectivity index (χ1v) is 9.36. The largest absolute Gasteiger partial charge is 0.341 e. The lowest BCUT2D eigenvalue weighted by atomic mass is 9.95. The Balaban J connectivity index is 1.33. The predicted molar refractivity (Wildman–Crippen MR) is 99.2 cm³/mol. The third kappa shape index (κ3) is 3.88. The van der Waals surface area contributed by atoms with Crippen molar-refractivity contribution in [3.8, 4) is 0 Å². The van der Waals surface area contributed by atoms with Gasteiger partial charge in [-0.15, -0.1) is 0 Å². The Labute approximate surface area is 162 Å². The molecule has 146 valence electrons. The normalized spacial score (nSPS) is 17.9. The van der Waals surface area contributed by atoms with Crippen molar-refractivity contribution < 1.29 is 14.4 Å². The zero-order chi connectivity index (χ0) is 19.5. The smallest absolute Gasteiger partial charge is 0.325 e. The lowest BCUT2D eigenvalue weighted by Crippen LogP contribution is -2.44. The second-order valence-corrected chi connectivity index (χ2v) is 7.13. The zero-order valence-corrected chi connectivity index (χ0v) is 15.5. The quantitative estimate of drug-likeness (QED) is 0.763. The van der Waals surface area contributed by atoms with E-state index in [2.05, 4.69) is 19.9 Å². The van der Waals surface area contributed by atoms with E-state index >= 15 is 0 Å². The van der Waals surface area contributed by atoms with E-state index in [1.165, 1.54) is 10.5 Å². The highest BCUT2D eigenvalue weighted by atomic mass is 16.2. The fourth-order valence-electron chi connectivity index (χ4n) is 3.76. The van der Waals surface area contributed by atoms with Gasteiger partial charge in [0.05, 0.1) is 0 Å². The van der Waals surface area contributed by atoms with E-state index in [9.17, 15) is 14.4 Å². The zero-order valence-electron chi connectivity index (χ0n) is 15.5. The molecule has 4 rings (SSSR count).